The minimum absolute atomic E-state index is 0.0169. The van der Waals surface area contributed by atoms with Crippen LogP contribution in [0, 0.1) is 6.92 Å². The molecule has 0 aliphatic carbocycles. The van der Waals surface area contributed by atoms with Crippen molar-refractivity contribution < 1.29 is 4.79 Å². The summed E-state index contributed by atoms with van der Waals surface area (Å²) in [4.78, 5) is 34.8. The maximum absolute atomic E-state index is 13.2. The molecule has 0 radical (unpaired) electrons. The van der Waals surface area contributed by atoms with E-state index in [-0.39, 0.29) is 17.1 Å². The molecule has 138 valence electrons. The van der Waals surface area contributed by atoms with Crippen molar-refractivity contribution in [3.8, 4) is 5.82 Å². The van der Waals surface area contributed by atoms with Gasteiger partial charge in [-0.2, -0.15) is 0 Å². The maximum Gasteiger partial charge on any atom is 0.267 e. The van der Waals surface area contributed by atoms with E-state index in [0.717, 1.165) is 5.69 Å². The van der Waals surface area contributed by atoms with Crippen LogP contribution >= 0.6 is 11.8 Å². The summed E-state index contributed by atoms with van der Waals surface area (Å²) in [5, 5.41) is 0.968. The molecule has 2 heterocycles. The van der Waals surface area contributed by atoms with Crippen LogP contribution in [-0.4, -0.2) is 26.1 Å². The van der Waals surface area contributed by atoms with Crippen LogP contribution in [0.4, 0.5) is 0 Å². The third-order valence-electron chi connectivity index (χ3n) is 4.28. The van der Waals surface area contributed by atoms with Crippen molar-refractivity contribution in [2.45, 2.75) is 12.1 Å². The van der Waals surface area contributed by atoms with Gasteiger partial charge < -0.3 is 0 Å². The van der Waals surface area contributed by atoms with Gasteiger partial charge in [-0.05, 0) is 31.2 Å². The van der Waals surface area contributed by atoms with Crippen LogP contribution in [0.2, 0.25) is 0 Å². The molecular weight excluding hydrogens is 370 g/mol. The minimum atomic E-state index is -0.196. The van der Waals surface area contributed by atoms with Crippen molar-refractivity contribution in [1.82, 2.24) is 14.5 Å². The van der Waals surface area contributed by atoms with Crippen LogP contribution in [0.25, 0.3) is 16.7 Å². The molecule has 4 aromatic rings. The fourth-order valence-corrected chi connectivity index (χ4v) is 3.80. The Bertz CT molecular complexity index is 1220. The first kappa shape index (κ1) is 18.1. The molecule has 6 heteroatoms. The van der Waals surface area contributed by atoms with E-state index in [1.165, 1.54) is 16.3 Å². The Morgan fingerprint density at radius 3 is 2.46 bits per heavy atom. The van der Waals surface area contributed by atoms with Gasteiger partial charge in [0.25, 0.3) is 5.56 Å². The fraction of sp³-hybridized carbons (Fsp3) is 0.0909. The van der Waals surface area contributed by atoms with Crippen molar-refractivity contribution in [2.24, 2.45) is 0 Å². The third-order valence-corrected chi connectivity index (χ3v) is 5.21. The van der Waals surface area contributed by atoms with Gasteiger partial charge in [0.05, 0.1) is 16.7 Å². The molecule has 0 saturated carbocycles. The molecule has 5 nitrogen and oxygen atoms in total. The summed E-state index contributed by atoms with van der Waals surface area (Å²) in [7, 11) is 0. The molecule has 0 spiro atoms. The van der Waals surface area contributed by atoms with E-state index in [0.29, 0.717) is 27.4 Å². The van der Waals surface area contributed by atoms with Gasteiger partial charge in [0.2, 0.25) is 0 Å². The van der Waals surface area contributed by atoms with Crippen molar-refractivity contribution >= 4 is 28.4 Å². The zero-order chi connectivity index (χ0) is 19.5. The molecule has 0 aliphatic rings. The number of carbonyl (C=O) groups excluding carboxylic acids is 1. The predicted octanol–water partition coefficient (Wildman–Crippen LogP) is 4.06. The SMILES string of the molecule is Cc1cccc(-n2c(SCC(=O)c3ccccc3)nc3ccccc3c2=O)n1. The molecular formula is C22H17N3O2S. The predicted molar refractivity (Wildman–Crippen MR) is 111 cm³/mol. The Morgan fingerprint density at radius 1 is 0.929 bits per heavy atom. The Kier molecular flexibility index (Phi) is 5.04. The van der Waals surface area contributed by atoms with Gasteiger partial charge in [0.1, 0.15) is 5.82 Å². The van der Waals surface area contributed by atoms with E-state index in [1.54, 1.807) is 30.3 Å². The van der Waals surface area contributed by atoms with Crippen LogP contribution in [-0.2, 0) is 0 Å². The Hall–Kier alpha value is -3.25. The molecule has 0 unspecified atom stereocenters. The minimum Gasteiger partial charge on any atom is -0.293 e. The fourth-order valence-electron chi connectivity index (χ4n) is 2.90. The van der Waals surface area contributed by atoms with E-state index in [9.17, 15) is 9.59 Å². The summed E-state index contributed by atoms with van der Waals surface area (Å²) in [6.07, 6.45) is 0. The first-order chi connectivity index (χ1) is 13.6. The number of carbonyl (C=O) groups is 1. The molecule has 0 aliphatic heterocycles. The summed E-state index contributed by atoms with van der Waals surface area (Å²) in [6.45, 7) is 1.87. The van der Waals surface area contributed by atoms with Gasteiger partial charge in [-0.25, -0.2) is 14.5 Å². The average molecular weight is 387 g/mol. The van der Waals surface area contributed by atoms with Crippen LogP contribution in [0.15, 0.2) is 82.7 Å². The van der Waals surface area contributed by atoms with E-state index < -0.39 is 0 Å². The number of aryl methyl sites for hydroxylation is 1. The largest absolute Gasteiger partial charge is 0.293 e. The Morgan fingerprint density at radius 2 is 1.68 bits per heavy atom. The van der Waals surface area contributed by atoms with Gasteiger partial charge in [-0.3, -0.25) is 9.59 Å². The number of fused-ring (bicyclic) bond motifs is 1. The maximum atomic E-state index is 13.2. The van der Waals surface area contributed by atoms with Gasteiger partial charge in [0, 0.05) is 11.3 Å². The summed E-state index contributed by atoms with van der Waals surface area (Å²) in [6, 6.07) is 21.8. The van der Waals surface area contributed by atoms with Crippen molar-refractivity contribution in [1.29, 1.82) is 0 Å². The second-order valence-electron chi connectivity index (χ2n) is 6.27. The number of pyridine rings is 1. The normalized spacial score (nSPS) is 10.9. The van der Waals surface area contributed by atoms with Gasteiger partial charge >= 0.3 is 0 Å². The molecule has 0 bridgehead atoms. The average Bonchev–Trinajstić information content (AvgIpc) is 2.73. The number of aromatic nitrogens is 3. The molecule has 0 atom stereocenters. The quantitative estimate of drug-likeness (QED) is 0.293. The lowest BCUT2D eigenvalue weighted by Gasteiger charge is -2.12. The smallest absolute Gasteiger partial charge is 0.267 e. The molecule has 28 heavy (non-hydrogen) atoms. The summed E-state index contributed by atoms with van der Waals surface area (Å²) in [5.74, 6) is 0.662. The summed E-state index contributed by atoms with van der Waals surface area (Å²) in [5.41, 5.74) is 1.84. The molecule has 2 aromatic carbocycles. The first-order valence-electron chi connectivity index (χ1n) is 8.80. The highest BCUT2D eigenvalue weighted by atomic mass is 32.2. The van der Waals surface area contributed by atoms with Gasteiger partial charge in [-0.1, -0.05) is 60.3 Å². The number of hydrogen-bond donors (Lipinski definition) is 0. The third kappa shape index (κ3) is 3.59. The molecule has 0 amide bonds. The topological polar surface area (TPSA) is 64.8 Å². The number of nitrogens with zero attached hydrogens (tertiary/aromatic N) is 3. The number of thioether (sulfide) groups is 1. The molecule has 0 saturated heterocycles. The summed E-state index contributed by atoms with van der Waals surface area (Å²) >= 11 is 1.24. The van der Waals surface area contributed by atoms with Crippen molar-refractivity contribution in [3.63, 3.8) is 0 Å². The highest BCUT2D eigenvalue weighted by Crippen LogP contribution is 2.21. The highest BCUT2D eigenvalue weighted by Gasteiger charge is 2.16. The number of benzene rings is 2. The lowest BCUT2D eigenvalue weighted by molar-refractivity contribution is 0.102. The first-order valence-corrected chi connectivity index (χ1v) is 9.79. The second-order valence-corrected chi connectivity index (χ2v) is 7.21. The molecule has 4 rings (SSSR count). The number of rotatable bonds is 5. The number of hydrogen-bond acceptors (Lipinski definition) is 5. The van der Waals surface area contributed by atoms with Gasteiger partial charge in [-0.15, -0.1) is 0 Å². The lowest BCUT2D eigenvalue weighted by atomic mass is 10.2. The van der Waals surface area contributed by atoms with Crippen LogP contribution in [0.5, 0.6) is 0 Å². The molecule has 2 aromatic heterocycles. The Balaban J connectivity index is 1.79. The van der Waals surface area contributed by atoms with E-state index in [2.05, 4.69) is 9.97 Å². The Labute approximate surface area is 166 Å². The van der Waals surface area contributed by atoms with E-state index in [4.69, 9.17) is 0 Å². The lowest BCUT2D eigenvalue weighted by Crippen LogP contribution is -2.23. The standard InChI is InChI=1S/C22H17N3O2S/c1-15-8-7-13-20(23-15)25-21(27)17-11-5-6-12-18(17)24-22(25)28-14-19(26)16-9-3-2-4-10-16/h2-13H,14H2,1H3. The van der Waals surface area contributed by atoms with Crippen molar-refractivity contribution in [2.75, 3.05) is 5.75 Å². The number of ketones is 1. The van der Waals surface area contributed by atoms with E-state index >= 15 is 0 Å². The number of para-hydroxylation sites is 1. The monoisotopic (exact) mass is 387 g/mol. The van der Waals surface area contributed by atoms with Crippen LogP contribution in [0.3, 0.4) is 0 Å². The highest BCUT2D eigenvalue weighted by molar-refractivity contribution is 7.99. The van der Waals surface area contributed by atoms with Gasteiger partial charge in [0.15, 0.2) is 10.9 Å². The van der Waals surface area contributed by atoms with Crippen LogP contribution < -0.4 is 5.56 Å². The van der Waals surface area contributed by atoms with Crippen LogP contribution in [0.1, 0.15) is 16.1 Å². The number of Topliss-reactive ketones (excluding diaryl/α,β-unsaturated/α-hetero) is 1. The van der Waals surface area contributed by atoms with Crippen molar-refractivity contribution in [3.05, 3.63) is 94.4 Å². The summed E-state index contributed by atoms with van der Waals surface area (Å²) < 4.78 is 1.48. The van der Waals surface area contributed by atoms with E-state index in [1.807, 2.05) is 49.4 Å². The second kappa shape index (κ2) is 7.78. The zero-order valence-electron chi connectivity index (χ0n) is 15.2. The zero-order valence-corrected chi connectivity index (χ0v) is 16.0. The molecule has 0 N–H and O–H groups in total. The molecule has 0 fully saturated rings.